The average molecular weight is 423 g/mol. The van der Waals surface area contributed by atoms with Crippen LogP contribution in [-0.2, 0) is 22.8 Å². The summed E-state index contributed by atoms with van der Waals surface area (Å²) in [6.07, 6.45) is -0.461. The number of hydrogen-bond acceptors (Lipinski definition) is 3. The molecule has 8 heteroatoms. The lowest BCUT2D eigenvalue weighted by molar-refractivity contribution is -0.137. The van der Waals surface area contributed by atoms with Crippen molar-refractivity contribution in [3.05, 3.63) is 82.6 Å². The minimum atomic E-state index is -4.41. The number of halogens is 3. The normalized spacial score (nSPS) is 14.9. The van der Waals surface area contributed by atoms with Crippen LogP contribution < -0.4 is 4.72 Å². The Balaban J connectivity index is 1.81. The first-order valence-corrected chi connectivity index (χ1v) is 10.4. The number of nitrogens with one attached hydrogen (secondary N) is 1. The van der Waals surface area contributed by atoms with Gasteiger partial charge in [-0.2, -0.15) is 13.2 Å². The molecule has 1 aliphatic carbocycles. The Hall–Kier alpha value is -2.58. The molecular weight excluding hydrogens is 403 g/mol. The van der Waals surface area contributed by atoms with Crippen LogP contribution in [0.1, 0.15) is 35.1 Å². The largest absolute Gasteiger partial charge is 0.416 e. The maximum Gasteiger partial charge on any atom is 0.416 e. The summed E-state index contributed by atoms with van der Waals surface area (Å²) in [5, 5.41) is 9.33. The van der Waals surface area contributed by atoms with Crippen molar-refractivity contribution < 1.29 is 26.7 Å². The fourth-order valence-corrected chi connectivity index (χ4v) is 4.25. The van der Waals surface area contributed by atoms with E-state index in [0.29, 0.717) is 35.2 Å². The van der Waals surface area contributed by atoms with E-state index < -0.39 is 21.8 Å². The van der Waals surface area contributed by atoms with Crippen LogP contribution in [0, 0.1) is 6.92 Å². The molecule has 0 saturated heterocycles. The predicted molar refractivity (Wildman–Crippen MR) is 104 cm³/mol. The second-order valence-corrected chi connectivity index (χ2v) is 8.50. The van der Waals surface area contributed by atoms with E-state index in [0.717, 1.165) is 17.7 Å². The summed E-state index contributed by atoms with van der Waals surface area (Å²) < 4.78 is 66.4. The molecule has 0 radical (unpaired) electrons. The molecule has 2 aromatic rings. The average Bonchev–Trinajstić information content (AvgIpc) is 2.68. The quantitative estimate of drug-likeness (QED) is 0.742. The van der Waals surface area contributed by atoms with Crippen molar-refractivity contribution in [2.75, 3.05) is 0 Å². The van der Waals surface area contributed by atoms with Gasteiger partial charge in [-0.15, -0.1) is 0 Å². The standard InChI is InChI=1S/C21H20F3NO3S/c1-14-5-10-20(12-17(14)13-26)29(27,28)25-19-8-6-15(7-9-19)16-3-2-4-18(11-16)21(22,23)24/h2-6,8,10-12,25-26H,7,9,13H2,1H3. The SMILES string of the molecule is Cc1ccc(S(=O)(=O)NC2=CC=C(c3cccc(C(F)(F)F)c3)CC2)cc1CO. The molecule has 0 bridgehead atoms. The zero-order chi connectivity index (χ0) is 21.2. The van der Waals surface area contributed by atoms with Crippen LogP contribution in [0.4, 0.5) is 13.2 Å². The van der Waals surface area contributed by atoms with E-state index in [2.05, 4.69) is 4.72 Å². The highest BCUT2D eigenvalue weighted by atomic mass is 32.2. The second kappa shape index (κ2) is 8.04. The Morgan fingerprint density at radius 2 is 1.83 bits per heavy atom. The van der Waals surface area contributed by atoms with Crippen molar-refractivity contribution >= 4 is 15.6 Å². The minimum Gasteiger partial charge on any atom is -0.392 e. The predicted octanol–water partition coefficient (Wildman–Crippen LogP) is 4.55. The molecule has 0 amide bonds. The lowest BCUT2D eigenvalue weighted by atomic mass is 9.95. The van der Waals surface area contributed by atoms with Crippen LogP contribution in [0.3, 0.4) is 0 Å². The highest BCUT2D eigenvalue weighted by Gasteiger charge is 2.30. The molecule has 3 rings (SSSR count). The fourth-order valence-electron chi connectivity index (χ4n) is 3.07. The maximum absolute atomic E-state index is 12.9. The molecule has 1 aliphatic rings. The molecular formula is C21H20F3NO3S. The molecule has 0 atom stereocenters. The second-order valence-electron chi connectivity index (χ2n) is 6.81. The monoisotopic (exact) mass is 423 g/mol. The summed E-state index contributed by atoms with van der Waals surface area (Å²) >= 11 is 0. The summed E-state index contributed by atoms with van der Waals surface area (Å²) in [4.78, 5) is 0.0423. The summed E-state index contributed by atoms with van der Waals surface area (Å²) in [5.74, 6) is 0. The van der Waals surface area contributed by atoms with Crippen molar-refractivity contribution in [1.82, 2.24) is 4.72 Å². The summed E-state index contributed by atoms with van der Waals surface area (Å²) in [6.45, 7) is 1.51. The Morgan fingerprint density at radius 1 is 1.07 bits per heavy atom. The van der Waals surface area contributed by atoms with Gasteiger partial charge in [0, 0.05) is 5.70 Å². The summed E-state index contributed by atoms with van der Waals surface area (Å²) in [7, 11) is -3.82. The van der Waals surface area contributed by atoms with Crippen molar-refractivity contribution in [1.29, 1.82) is 0 Å². The zero-order valence-electron chi connectivity index (χ0n) is 15.6. The number of rotatable bonds is 5. The lowest BCUT2D eigenvalue weighted by Gasteiger charge is -2.18. The molecule has 29 heavy (non-hydrogen) atoms. The Bertz CT molecular complexity index is 1090. The van der Waals surface area contributed by atoms with E-state index in [4.69, 9.17) is 0 Å². The molecule has 154 valence electrons. The van der Waals surface area contributed by atoms with Crippen LogP contribution in [0.25, 0.3) is 5.57 Å². The first kappa shape index (κ1) is 21.1. The van der Waals surface area contributed by atoms with Gasteiger partial charge in [0.05, 0.1) is 17.1 Å². The Kier molecular flexibility index (Phi) is 5.86. The van der Waals surface area contributed by atoms with Gasteiger partial charge in [-0.25, -0.2) is 8.42 Å². The number of benzene rings is 2. The summed E-state index contributed by atoms with van der Waals surface area (Å²) in [5.41, 5.74) is 2.22. The number of aryl methyl sites for hydroxylation is 1. The number of hydrogen-bond donors (Lipinski definition) is 2. The first-order valence-electron chi connectivity index (χ1n) is 8.91. The van der Waals surface area contributed by atoms with Gasteiger partial charge in [0.2, 0.25) is 0 Å². The van der Waals surface area contributed by atoms with Gasteiger partial charge in [0.1, 0.15) is 0 Å². The Labute approximate surface area is 167 Å². The van der Waals surface area contributed by atoms with Gasteiger partial charge in [-0.1, -0.05) is 24.3 Å². The van der Waals surface area contributed by atoms with Gasteiger partial charge < -0.3 is 5.11 Å². The number of allylic oxidation sites excluding steroid dienone is 4. The van der Waals surface area contributed by atoms with Crippen molar-refractivity contribution in [3.63, 3.8) is 0 Å². The topological polar surface area (TPSA) is 66.4 Å². The van der Waals surface area contributed by atoms with Crippen LogP contribution >= 0.6 is 0 Å². The van der Waals surface area contributed by atoms with Crippen LogP contribution in [0.15, 0.2) is 65.2 Å². The molecule has 0 aromatic heterocycles. The minimum absolute atomic E-state index is 0.0423. The molecule has 2 aromatic carbocycles. The third-order valence-corrected chi connectivity index (χ3v) is 6.18. The Morgan fingerprint density at radius 3 is 2.45 bits per heavy atom. The number of aliphatic hydroxyl groups excluding tert-OH is 1. The third-order valence-electron chi connectivity index (χ3n) is 4.78. The number of aliphatic hydroxyl groups is 1. The fraction of sp³-hybridized carbons (Fsp3) is 0.238. The van der Waals surface area contributed by atoms with E-state index >= 15 is 0 Å². The smallest absolute Gasteiger partial charge is 0.392 e. The molecule has 0 heterocycles. The van der Waals surface area contributed by atoms with E-state index in [9.17, 15) is 26.7 Å². The molecule has 0 unspecified atom stereocenters. The van der Waals surface area contributed by atoms with E-state index in [1.165, 1.54) is 18.2 Å². The highest BCUT2D eigenvalue weighted by Crippen LogP contribution is 2.33. The molecule has 0 aliphatic heterocycles. The third kappa shape index (κ3) is 4.89. The van der Waals surface area contributed by atoms with E-state index in [-0.39, 0.29) is 11.5 Å². The van der Waals surface area contributed by atoms with Crippen molar-refractivity contribution in [2.24, 2.45) is 0 Å². The molecule has 4 nitrogen and oxygen atoms in total. The van der Waals surface area contributed by atoms with Crippen LogP contribution in [0.5, 0.6) is 0 Å². The molecule has 0 saturated carbocycles. The van der Waals surface area contributed by atoms with Gasteiger partial charge in [-0.05, 0) is 72.4 Å². The van der Waals surface area contributed by atoms with Crippen molar-refractivity contribution in [3.8, 4) is 0 Å². The van der Waals surface area contributed by atoms with Crippen LogP contribution in [-0.4, -0.2) is 13.5 Å². The maximum atomic E-state index is 12.9. The van der Waals surface area contributed by atoms with Crippen molar-refractivity contribution in [2.45, 2.75) is 37.4 Å². The first-order chi connectivity index (χ1) is 13.6. The summed E-state index contributed by atoms with van der Waals surface area (Å²) in [6, 6.07) is 9.59. The lowest BCUT2D eigenvalue weighted by Crippen LogP contribution is -2.24. The van der Waals surface area contributed by atoms with Gasteiger partial charge in [0.15, 0.2) is 0 Å². The molecule has 0 spiro atoms. The number of alkyl halides is 3. The number of sulfonamides is 1. The zero-order valence-corrected chi connectivity index (χ0v) is 16.4. The van der Waals surface area contributed by atoms with E-state index in [1.54, 1.807) is 31.2 Å². The highest BCUT2D eigenvalue weighted by molar-refractivity contribution is 7.89. The van der Waals surface area contributed by atoms with E-state index in [1.807, 2.05) is 0 Å². The van der Waals surface area contributed by atoms with Gasteiger partial charge in [0.25, 0.3) is 10.0 Å². The van der Waals surface area contributed by atoms with Gasteiger partial charge >= 0.3 is 6.18 Å². The van der Waals surface area contributed by atoms with Gasteiger partial charge in [-0.3, -0.25) is 4.72 Å². The van der Waals surface area contributed by atoms with Crippen LogP contribution in [0.2, 0.25) is 0 Å². The molecule has 0 fully saturated rings. The molecule has 2 N–H and O–H groups in total.